The van der Waals surface area contributed by atoms with Crippen molar-refractivity contribution in [3.8, 4) is 0 Å². The number of carbonyl (C=O) groups excluding carboxylic acids is 1. The number of aromatic nitrogens is 2. The summed E-state index contributed by atoms with van der Waals surface area (Å²) in [6.07, 6.45) is 2.96. The van der Waals surface area contributed by atoms with Crippen molar-refractivity contribution in [2.45, 2.75) is 25.0 Å². The van der Waals surface area contributed by atoms with Crippen LogP contribution in [-0.4, -0.2) is 40.4 Å². The second-order valence-corrected chi connectivity index (χ2v) is 6.86. The van der Waals surface area contributed by atoms with Crippen LogP contribution in [0, 0.1) is 0 Å². The fourth-order valence-corrected chi connectivity index (χ4v) is 3.58. The molecule has 1 fully saturated rings. The van der Waals surface area contributed by atoms with Crippen LogP contribution in [0.3, 0.4) is 0 Å². The zero-order chi connectivity index (χ0) is 17.8. The van der Waals surface area contributed by atoms with E-state index in [9.17, 15) is 9.90 Å². The van der Waals surface area contributed by atoms with E-state index in [4.69, 9.17) is 23.2 Å². The Morgan fingerprint density at radius 3 is 2.84 bits per heavy atom. The number of carbonyl (C=O) groups is 1. The quantitative estimate of drug-likeness (QED) is 0.742. The predicted octanol–water partition coefficient (Wildman–Crippen LogP) is 2.58. The maximum atomic E-state index is 12.3. The van der Waals surface area contributed by atoms with Gasteiger partial charge in [0, 0.05) is 34.9 Å². The first-order valence-electron chi connectivity index (χ1n) is 8.22. The molecule has 2 atom stereocenters. The average molecular weight is 383 g/mol. The lowest BCUT2D eigenvalue weighted by Gasteiger charge is -2.22. The number of rotatable bonds is 5. The number of hydrogen-bond acceptors (Lipinski definition) is 4. The van der Waals surface area contributed by atoms with Crippen LogP contribution in [0.5, 0.6) is 0 Å². The topological polar surface area (TPSA) is 79.2 Å². The van der Waals surface area contributed by atoms with E-state index in [0.29, 0.717) is 21.3 Å². The first-order valence-corrected chi connectivity index (χ1v) is 8.98. The third-order valence-electron chi connectivity index (χ3n) is 4.27. The summed E-state index contributed by atoms with van der Waals surface area (Å²) in [7, 11) is 0. The van der Waals surface area contributed by atoms with E-state index in [1.807, 2.05) is 10.9 Å². The summed E-state index contributed by atoms with van der Waals surface area (Å²) in [4.78, 5) is 12.3. The van der Waals surface area contributed by atoms with E-state index in [-0.39, 0.29) is 18.5 Å². The second kappa shape index (κ2) is 8.19. The van der Waals surface area contributed by atoms with Gasteiger partial charge in [-0.05, 0) is 37.6 Å². The van der Waals surface area contributed by atoms with Crippen molar-refractivity contribution in [2.24, 2.45) is 0 Å². The zero-order valence-electron chi connectivity index (χ0n) is 13.6. The Morgan fingerprint density at radius 1 is 1.40 bits per heavy atom. The number of amides is 1. The van der Waals surface area contributed by atoms with Crippen LogP contribution in [0.2, 0.25) is 10.0 Å². The average Bonchev–Trinajstić information content (AvgIpc) is 3.10. The van der Waals surface area contributed by atoms with Gasteiger partial charge in [-0.2, -0.15) is 5.10 Å². The van der Waals surface area contributed by atoms with Crippen LogP contribution in [0.4, 0.5) is 0 Å². The van der Waals surface area contributed by atoms with Gasteiger partial charge in [0.2, 0.25) is 0 Å². The minimum Gasteiger partial charge on any atom is -0.386 e. The summed E-state index contributed by atoms with van der Waals surface area (Å²) in [5.41, 5.74) is 0.730. The summed E-state index contributed by atoms with van der Waals surface area (Å²) < 4.78 is 1.82. The molecule has 134 valence electrons. The van der Waals surface area contributed by atoms with E-state index in [1.165, 1.54) is 0 Å². The number of hydrogen-bond donors (Lipinski definition) is 3. The molecule has 1 aromatic heterocycles. The summed E-state index contributed by atoms with van der Waals surface area (Å²) >= 11 is 12.1. The van der Waals surface area contributed by atoms with Gasteiger partial charge in [0.05, 0.1) is 12.1 Å². The summed E-state index contributed by atoms with van der Waals surface area (Å²) in [5, 5.41) is 21.3. The van der Waals surface area contributed by atoms with Gasteiger partial charge >= 0.3 is 0 Å². The summed E-state index contributed by atoms with van der Waals surface area (Å²) in [6, 6.07) is 6.94. The molecule has 0 aliphatic carbocycles. The Kier molecular flexibility index (Phi) is 5.96. The van der Waals surface area contributed by atoms with Crippen LogP contribution in [0.1, 0.15) is 41.0 Å². The number of piperidine rings is 1. The van der Waals surface area contributed by atoms with Gasteiger partial charge in [0.25, 0.3) is 5.91 Å². The van der Waals surface area contributed by atoms with Crippen molar-refractivity contribution in [1.29, 1.82) is 0 Å². The molecule has 6 nitrogen and oxygen atoms in total. The molecule has 1 aliphatic rings. The predicted molar refractivity (Wildman–Crippen MR) is 97.1 cm³/mol. The van der Waals surface area contributed by atoms with Crippen molar-refractivity contribution >= 4 is 29.1 Å². The Balaban J connectivity index is 1.60. The standard InChI is InChI=1S/C17H20Cl2N4O2/c18-12-4-1-5-13(19)16(12)15(24)10-21-17(25)14-6-8-23(22-14)11-3-2-7-20-9-11/h1,4-6,8,11,15,20,24H,2-3,7,9-10H2,(H,21,25). The van der Waals surface area contributed by atoms with E-state index in [2.05, 4.69) is 15.7 Å². The Labute approximate surface area is 156 Å². The highest BCUT2D eigenvalue weighted by Crippen LogP contribution is 2.29. The fourth-order valence-electron chi connectivity index (χ4n) is 2.93. The minimum absolute atomic E-state index is 0.000130. The lowest BCUT2D eigenvalue weighted by molar-refractivity contribution is 0.0910. The molecule has 0 spiro atoms. The van der Waals surface area contributed by atoms with Gasteiger partial charge in [0.15, 0.2) is 0 Å². The minimum atomic E-state index is -0.991. The third-order valence-corrected chi connectivity index (χ3v) is 4.93. The monoisotopic (exact) mass is 382 g/mol. The maximum absolute atomic E-state index is 12.3. The first-order chi connectivity index (χ1) is 12.1. The number of halogens is 2. The normalized spacial score (nSPS) is 18.8. The van der Waals surface area contributed by atoms with E-state index >= 15 is 0 Å². The van der Waals surface area contributed by atoms with Gasteiger partial charge in [-0.25, -0.2) is 0 Å². The van der Waals surface area contributed by atoms with E-state index < -0.39 is 6.10 Å². The summed E-state index contributed by atoms with van der Waals surface area (Å²) in [6.45, 7) is 1.88. The van der Waals surface area contributed by atoms with Crippen LogP contribution in [0.25, 0.3) is 0 Å². The molecule has 3 N–H and O–H groups in total. The second-order valence-electron chi connectivity index (χ2n) is 6.04. The Bertz CT molecular complexity index is 724. The molecule has 0 radical (unpaired) electrons. The molecule has 0 saturated carbocycles. The highest BCUT2D eigenvalue weighted by atomic mass is 35.5. The molecule has 1 saturated heterocycles. The number of benzene rings is 1. The molecule has 2 unspecified atom stereocenters. The molecular formula is C17H20Cl2N4O2. The van der Waals surface area contributed by atoms with Gasteiger partial charge in [-0.1, -0.05) is 29.3 Å². The fraction of sp³-hybridized carbons (Fsp3) is 0.412. The maximum Gasteiger partial charge on any atom is 0.271 e. The molecule has 2 heterocycles. The van der Waals surface area contributed by atoms with Gasteiger partial charge < -0.3 is 15.7 Å². The van der Waals surface area contributed by atoms with Gasteiger partial charge in [-0.3, -0.25) is 9.48 Å². The number of aliphatic hydroxyl groups excluding tert-OH is 1. The molecule has 8 heteroatoms. The highest BCUT2D eigenvalue weighted by Gasteiger charge is 2.20. The van der Waals surface area contributed by atoms with Gasteiger partial charge in [0.1, 0.15) is 5.69 Å². The van der Waals surface area contributed by atoms with E-state index in [0.717, 1.165) is 25.9 Å². The van der Waals surface area contributed by atoms with Crippen LogP contribution in [-0.2, 0) is 0 Å². The van der Waals surface area contributed by atoms with Crippen molar-refractivity contribution in [3.05, 3.63) is 51.8 Å². The van der Waals surface area contributed by atoms with Crippen molar-refractivity contribution in [1.82, 2.24) is 20.4 Å². The third kappa shape index (κ3) is 4.33. The molecule has 0 bridgehead atoms. The molecule has 1 aromatic carbocycles. The Morgan fingerprint density at radius 2 is 2.16 bits per heavy atom. The lowest BCUT2D eigenvalue weighted by Crippen LogP contribution is -2.32. The number of nitrogens with one attached hydrogen (secondary N) is 2. The molecule has 3 rings (SSSR count). The van der Waals surface area contributed by atoms with Crippen molar-refractivity contribution in [2.75, 3.05) is 19.6 Å². The first kappa shape index (κ1) is 18.2. The lowest BCUT2D eigenvalue weighted by atomic mass is 10.1. The zero-order valence-corrected chi connectivity index (χ0v) is 15.1. The molecule has 1 amide bonds. The van der Waals surface area contributed by atoms with Crippen molar-refractivity contribution in [3.63, 3.8) is 0 Å². The summed E-state index contributed by atoms with van der Waals surface area (Å²) in [5.74, 6) is -0.343. The molecule has 2 aromatic rings. The SMILES string of the molecule is O=C(NCC(O)c1c(Cl)cccc1Cl)c1ccn(C2CCCNC2)n1. The highest BCUT2D eigenvalue weighted by molar-refractivity contribution is 6.36. The smallest absolute Gasteiger partial charge is 0.271 e. The van der Waals surface area contributed by atoms with Crippen molar-refractivity contribution < 1.29 is 9.90 Å². The molecule has 1 aliphatic heterocycles. The largest absolute Gasteiger partial charge is 0.386 e. The van der Waals surface area contributed by atoms with Crippen LogP contribution in [0.15, 0.2) is 30.5 Å². The number of aliphatic hydroxyl groups is 1. The number of nitrogens with zero attached hydrogens (tertiary/aromatic N) is 2. The van der Waals surface area contributed by atoms with Gasteiger partial charge in [-0.15, -0.1) is 0 Å². The van der Waals surface area contributed by atoms with Crippen LogP contribution < -0.4 is 10.6 Å². The van der Waals surface area contributed by atoms with E-state index in [1.54, 1.807) is 24.3 Å². The molecular weight excluding hydrogens is 363 g/mol. The Hall–Kier alpha value is -1.60. The molecule has 25 heavy (non-hydrogen) atoms. The van der Waals surface area contributed by atoms with Crippen LogP contribution >= 0.6 is 23.2 Å².